The number of nitrogens with one attached hydrogen (secondary N) is 1. The lowest BCUT2D eigenvalue weighted by molar-refractivity contribution is -0.113. The molecular weight excluding hydrogens is 396 g/mol. The Labute approximate surface area is 179 Å². The summed E-state index contributed by atoms with van der Waals surface area (Å²) in [7, 11) is 1.85. The molecule has 0 saturated carbocycles. The maximum Gasteiger partial charge on any atom is 0.236 e. The zero-order valence-corrected chi connectivity index (χ0v) is 17.8. The fourth-order valence-electron chi connectivity index (χ4n) is 3.09. The number of aromatic nitrogens is 5. The molecule has 0 aliphatic carbocycles. The van der Waals surface area contributed by atoms with Crippen LogP contribution in [0, 0.1) is 13.8 Å². The normalized spacial score (nSPS) is 10.9. The first kappa shape index (κ1) is 19.9. The number of rotatable bonds is 6. The molecule has 0 fully saturated rings. The zero-order valence-electron chi connectivity index (χ0n) is 17.0. The Morgan fingerprint density at radius 3 is 2.63 bits per heavy atom. The summed E-state index contributed by atoms with van der Waals surface area (Å²) in [6, 6.07) is 18.0. The standard InChI is InChI=1S/C22H22N6OS/c1-15-9-10-16(2)18(11-15)19-12-20(28(26-19)17-7-5-4-6-8-17)24-21(29)13-30-22-25-23-14-27(22)3/h4-12,14H,13H2,1-3H3,(H,24,29). The molecule has 0 spiro atoms. The van der Waals surface area contributed by atoms with Crippen molar-refractivity contribution < 1.29 is 4.79 Å². The van der Waals surface area contributed by atoms with Crippen molar-refractivity contribution in [2.75, 3.05) is 11.1 Å². The van der Waals surface area contributed by atoms with Crippen LogP contribution in [0.25, 0.3) is 16.9 Å². The average Bonchev–Trinajstić information content (AvgIpc) is 3.35. The molecule has 2 heterocycles. The lowest BCUT2D eigenvalue weighted by Crippen LogP contribution is -2.17. The Morgan fingerprint density at radius 1 is 1.10 bits per heavy atom. The van der Waals surface area contributed by atoms with Gasteiger partial charge in [0.2, 0.25) is 5.91 Å². The fourth-order valence-corrected chi connectivity index (χ4v) is 3.78. The van der Waals surface area contributed by atoms with Gasteiger partial charge in [0.1, 0.15) is 12.1 Å². The van der Waals surface area contributed by atoms with Crippen LogP contribution in [0.4, 0.5) is 5.82 Å². The third-order valence-electron chi connectivity index (χ3n) is 4.65. The van der Waals surface area contributed by atoms with Crippen molar-refractivity contribution in [3.8, 4) is 16.9 Å². The minimum Gasteiger partial charge on any atom is -0.312 e. The summed E-state index contributed by atoms with van der Waals surface area (Å²) in [5.41, 5.74) is 5.04. The predicted octanol–water partition coefficient (Wildman–Crippen LogP) is 4.02. The molecule has 1 N–H and O–H groups in total. The first-order valence-electron chi connectivity index (χ1n) is 9.51. The highest BCUT2D eigenvalue weighted by atomic mass is 32.2. The second kappa shape index (κ2) is 8.54. The molecule has 7 nitrogen and oxygen atoms in total. The third-order valence-corrected chi connectivity index (χ3v) is 5.68. The lowest BCUT2D eigenvalue weighted by atomic mass is 10.0. The van der Waals surface area contributed by atoms with E-state index in [4.69, 9.17) is 5.10 Å². The first-order chi connectivity index (χ1) is 14.5. The van der Waals surface area contributed by atoms with Gasteiger partial charge in [-0.05, 0) is 37.6 Å². The lowest BCUT2D eigenvalue weighted by Gasteiger charge is -2.08. The van der Waals surface area contributed by atoms with E-state index in [-0.39, 0.29) is 11.7 Å². The third kappa shape index (κ3) is 4.28. The number of para-hydroxylation sites is 1. The molecule has 2 aromatic heterocycles. The summed E-state index contributed by atoms with van der Waals surface area (Å²) in [5, 5.41) is 16.3. The number of thioether (sulfide) groups is 1. The average molecular weight is 419 g/mol. The van der Waals surface area contributed by atoms with Crippen LogP contribution in [0.3, 0.4) is 0 Å². The van der Waals surface area contributed by atoms with Crippen LogP contribution in [0.5, 0.6) is 0 Å². The minimum atomic E-state index is -0.132. The van der Waals surface area contributed by atoms with Crippen LogP contribution in [0.15, 0.2) is 66.1 Å². The van der Waals surface area contributed by atoms with Gasteiger partial charge in [-0.1, -0.05) is 47.7 Å². The van der Waals surface area contributed by atoms with Gasteiger partial charge in [0.05, 0.1) is 17.1 Å². The Hall–Kier alpha value is -3.39. The number of carbonyl (C=O) groups excluding carboxylic acids is 1. The Bertz CT molecular complexity index is 1180. The van der Waals surface area contributed by atoms with Gasteiger partial charge in [0.25, 0.3) is 0 Å². The Kier molecular flexibility index (Phi) is 5.67. The van der Waals surface area contributed by atoms with E-state index in [1.807, 2.05) is 43.4 Å². The van der Waals surface area contributed by atoms with Crippen molar-refractivity contribution in [1.29, 1.82) is 0 Å². The van der Waals surface area contributed by atoms with E-state index in [1.54, 1.807) is 15.6 Å². The number of carbonyl (C=O) groups is 1. The van der Waals surface area contributed by atoms with Gasteiger partial charge in [-0.25, -0.2) is 4.68 Å². The van der Waals surface area contributed by atoms with E-state index in [2.05, 4.69) is 47.6 Å². The van der Waals surface area contributed by atoms with Crippen molar-refractivity contribution in [3.63, 3.8) is 0 Å². The molecule has 0 unspecified atom stereocenters. The molecule has 2 aromatic carbocycles. The van der Waals surface area contributed by atoms with E-state index in [0.717, 1.165) is 28.1 Å². The molecule has 4 aromatic rings. The summed E-state index contributed by atoms with van der Waals surface area (Å²) in [6.45, 7) is 4.12. The molecule has 0 bridgehead atoms. The molecule has 0 radical (unpaired) electrons. The molecule has 4 rings (SSSR count). The van der Waals surface area contributed by atoms with Gasteiger partial charge >= 0.3 is 0 Å². The largest absolute Gasteiger partial charge is 0.312 e. The zero-order chi connectivity index (χ0) is 21.1. The topological polar surface area (TPSA) is 77.6 Å². The van der Waals surface area contributed by atoms with E-state index >= 15 is 0 Å². The molecule has 1 amide bonds. The Morgan fingerprint density at radius 2 is 1.90 bits per heavy atom. The second-order valence-corrected chi connectivity index (χ2v) is 7.98. The van der Waals surface area contributed by atoms with Gasteiger partial charge in [0.15, 0.2) is 5.16 Å². The quantitative estimate of drug-likeness (QED) is 0.479. The van der Waals surface area contributed by atoms with Crippen LogP contribution in [-0.4, -0.2) is 36.2 Å². The molecule has 0 saturated heterocycles. The molecule has 0 aliphatic rings. The van der Waals surface area contributed by atoms with Crippen LogP contribution >= 0.6 is 11.8 Å². The fraction of sp³-hybridized carbons (Fsp3) is 0.182. The van der Waals surface area contributed by atoms with Crippen LogP contribution in [0.1, 0.15) is 11.1 Å². The summed E-state index contributed by atoms with van der Waals surface area (Å²) >= 11 is 1.34. The number of nitrogens with zero attached hydrogens (tertiary/aromatic N) is 5. The maximum atomic E-state index is 12.6. The SMILES string of the molecule is Cc1ccc(C)c(-c2cc(NC(=O)CSc3nncn3C)n(-c3ccccc3)n2)c1. The molecule has 30 heavy (non-hydrogen) atoms. The van der Waals surface area contributed by atoms with Gasteiger partial charge in [-0.3, -0.25) is 4.79 Å². The van der Waals surface area contributed by atoms with E-state index < -0.39 is 0 Å². The molecular formula is C22H22N6OS. The smallest absolute Gasteiger partial charge is 0.236 e. The highest BCUT2D eigenvalue weighted by Crippen LogP contribution is 2.28. The number of hydrogen-bond donors (Lipinski definition) is 1. The van der Waals surface area contributed by atoms with Gasteiger partial charge in [0, 0.05) is 18.7 Å². The van der Waals surface area contributed by atoms with Gasteiger partial charge < -0.3 is 9.88 Å². The number of anilines is 1. The molecule has 8 heteroatoms. The van der Waals surface area contributed by atoms with Gasteiger partial charge in [-0.2, -0.15) is 5.10 Å². The Balaban J connectivity index is 1.64. The predicted molar refractivity (Wildman–Crippen MR) is 119 cm³/mol. The number of aryl methyl sites for hydroxylation is 3. The number of amides is 1. The van der Waals surface area contributed by atoms with Crippen molar-refractivity contribution in [1.82, 2.24) is 24.5 Å². The summed E-state index contributed by atoms with van der Waals surface area (Å²) in [6.07, 6.45) is 1.61. The molecule has 0 atom stereocenters. The van der Waals surface area contributed by atoms with E-state index in [1.165, 1.54) is 11.8 Å². The van der Waals surface area contributed by atoms with E-state index in [0.29, 0.717) is 11.0 Å². The monoisotopic (exact) mass is 418 g/mol. The number of benzene rings is 2. The number of hydrogen-bond acceptors (Lipinski definition) is 5. The van der Waals surface area contributed by atoms with Crippen molar-refractivity contribution in [3.05, 3.63) is 72.1 Å². The molecule has 152 valence electrons. The van der Waals surface area contributed by atoms with Crippen LogP contribution in [-0.2, 0) is 11.8 Å². The maximum absolute atomic E-state index is 12.6. The van der Waals surface area contributed by atoms with Crippen LogP contribution < -0.4 is 5.32 Å². The van der Waals surface area contributed by atoms with Crippen molar-refractivity contribution >= 4 is 23.5 Å². The highest BCUT2D eigenvalue weighted by molar-refractivity contribution is 7.99. The van der Waals surface area contributed by atoms with Crippen molar-refractivity contribution in [2.24, 2.45) is 7.05 Å². The van der Waals surface area contributed by atoms with Crippen molar-refractivity contribution in [2.45, 2.75) is 19.0 Å². The van der Waals surface area contributed by atoms with Gasteiger partial charge in [-0.15, -0.1) is 10.2 Å². The van der Waals surface area contributed by atoms with E-state index in [9.17, 15) is 4.79 Å². The summed E-state index contributed by atoms with van der Waals surface area (Å²) in [4.78, 5) is 12.6. The minimum absolute atomic E-state index is 0.132. The summed E-state index contributed by atoms with van der Waals surface area (Å²) in [5.74, 6) is 0.721. The second-order valence-electron chi connectivity index (χ2n) is 7.04. The summed E-state index contributed by atoms with van der Waals surface area (Å²) < 4.78 is 3.55. The first-order valence-corrected chi connectivity index (χ1v) is 10.5. The van der Waals surface area contributed by atoms with Crippen LogP contribution in [0.2, 0.25) is 0 Å². The highest BCUT2D eigenvalue weighted by Gasteiger charge is 2.16. The molecule has 0 aliphatic heterocycles.